The van der Waals surface area contributed by atoms with E-state index in [9.17, 15) is 10.1 Å². The zero-order chi connectivity index (χ0) is 7.56. The van der Waals surface area contributed by atoms with E-state index >= 15 is 0 Å². The van der Waals surface area contributed by atoms with Gasteiger partial charge in [0, 0.05) is 17.8 Å². The molecular weight excluding hydrogens is 130 g/mol. The number of hydrogen-bond acceptors (Lipinski definition) is 2. The van der Waals surface area contributed by atoms with Crippen LogP contribution in [-0.2, 0) is 0 Å². The van der Waals surface area contributed by atoms with Crippen LogP contribution in [0, 0.1) is 23.0 Å². The molecule has 0 atom stereocenters. The lowest BCUT2D eigenvalue weighted by Gasteiger charge is -2.19. The van der Waals surface area contributed by atoms with E-state index in [0.29, 0.717) is 5.92 Å². The van der Waals surface area contributed by atoms with Gasteiger partial charge in [-0.3, -0.25) is 10.1 Å². The van der Waals surface area contributed by atoms with Gasteiger partial charge in [-0.2, -0.15) is 0 Å². The van der Waals surface area contributed by atoms with Gasteiger partial charge < -0.3 is 0 Å². The van der Waals surface area contributed by atoms with Crippen molar-refractivity contribution in [1.82, 2.24) is 0 Å². The molecule has 0 heterocycles. The molecule has 57 valence electrons. The minimum atomic E-state index is -0.280. The monoisotopic (exact) mass is 142 g/mol. The Morgan fingerprint density at radius 1 is 1.30 bits per heavy atom. The van der Waals surface area contributed by atoms with Crippen LogP contribution >= 0.6 is 0 Å². The van der Waals surface area contributed by atoms with Crippen LogP contribution in [0.5, 0.6) is 0 Å². The number of hydrogen-bond donors (Lipinski definition) is 0. The van der Waals surface area contributed by atoms with Gasteiger partial charge in [0.25, 0.3) is 0 Å². The van der Waals surface area contributed by atoms with E-state index in [1.165, 1.54) is 0 Å². The van der Waals surface area contributed by atoms with Crippen LogP contribution in [0.3, 0.4) is 0 Å². The summed E-state index contributed by atoms with van der Waals surface area (Å²) in [6, 6.07) is -0.280. The van der Waals surface area contributed by atoms with Crippen molar-refractivity contribution in [2.24, 2.45) is 5.92 Å². The second-order valence-electron chi connectivity index (χ2n) is 2.96. The standard InChI is InChI=1S/C7H12NO2/c1-6-2-4-7(5-3-6)8(9)10/h6-7H,1-5H2. The van der Waals surface area contributed by atoms with Crippen molar-refractivity contribution in [2.45, 2.75) is 31.7 Å². The maximum absolute atomic E-state index is 10.2. The van der Waals surface area contributed by atoms with Crippen LogP contribution in [0.4, 0.5) is 0 Å². The Balaban J connectivity index is 2.33. The molecule has 0 saturated heterocycles. The highest BCUT2D eigenvalue weighted by atomic mass is 16.6. The van der Waals surface area contributed by atoms with Gasteiger partial charge in [0.1, 0.15) is 0 Å². The summed E-state index contributed by atoms with van der Waals surface area (Å²) in [5.74, 6) is 0.455. The van der Waals surface area contributed by atoms with Crippen molar-refractivity contribution in [3.63, 3.8) is 0 Å². The molecule has 3 nitrogen and oxygen atoms in total. The lowest BCUT2D eigenvalue weighted by atomic mass is 9.88. The Hall–Kier alpha value is -0.600. The fourth-order valence-corrected chi connectivity index (χ4v) is 1.36. The topological polar surface area (TPSA) is 43.1 Å². The molecule has 1 saturated carbocycles. The Morgan fingerprint density at radius 2 is 1.80 bits per heavy atom. The molecule has 0 bridgehead atoms. The molecule has 0 aromatic heterocycles. The predicted molar refractivity (Wildman–Crippen MR) is 38.1 cm³/mol. The van der Waals surface area contributed by atoms with Gasteiger partial charge in [-0.15, -0.1) is 0 Å². The summed E-state index contributed by atoms with van der Waals surface area (Å²) in [6.07, 6.45) is 3.29. The van der Waals surface area contributed by atoms with Crippen molar-refractivity contribution in [1.29, 1.82) is 0 Å². The van der Waals surface area contributed by atoms with Gasteiger partial charge in [0.05, 0.1) is 0 Å². The second-order valence-corrected chi connectivity index (χ2v) is 2.96. The zero-order valence-electron chi connectivity index (χ0n) is 5.95. The van der Waals surface area contributed by atoms with Crippen molar-refractivity contribution < 1.29 is 4.92 Å². The van der Waals surface area contributed by atoms with Gasteiger partial charge in [-0.1, -0.05) is 6.92 Å². The molecule has 0 unspecified atom stereocenters. The SMILES string of the molecule is [CH2]C1CCC([N+](=O)[O-])CC1. The lowest BCUT2D eigenvalue weighted by molar-refractivity contribution is -0.526. The van der Waals surface area contributed by atoms with E-state index in [4.69, 9.17) is 0 Å². The third-order valence-electron chi connectivity index (χ3n) is 2.11. The molecule has 0 N–H and O–H groups in total. The highest BCUT2D eigenvalue weighted by Gasteiger charge is 2.25. The summed E-state index contributed by atoms with van der Waals surface area (Å²) >= 11 is 0. The molecule has 10 heavy (non-hydrogen) atoms. The highest BCUT2D eigenvalue weighted by molar-refractivity contribution is 4.72. The average Bonchev–Trinajstić information content (AvgIpc) is 1.88. The summed E-state index contributed by atoms with van der Waals surface area (Å²) < 4.78 is 0. The third kappa shape index (κ3) is 1.69. The number of rotatable bonds is 1. The number of nitro groups is 1. The summed E-state index contributed by atoms with van der Waals surface area (Å²) in [4.78, 5) is 10.1. The Kier molecular flexibility index (Phi) is 2.25. The maximum atomic E-state index is 10.2. The lowest BCUT2D eigenvalue weighted by Crippen LogP contribution is -2.24. The molecule has 1 fully saturated rings. The number of nitrogens with zero attached hydrogens (tertiary/aromatic N) is 1. The smallest absolute Gasteiger partial charge is 0.213 e. The van der Waals surface area contributed by atoms with Crippen LogP contribution in [-0.4, -0.2) is 11.0 Å². The summed E-state index contributed by atoms with van der Waals surface area (Å²) in [7, 11) is 0. The summed E-state index contributed by atoms with van der Waals surface area (Å²) in [5, 5.41) is 10.2. The first-order valence-electron chi connectivity index (χ1n) is 3.66. The molecule has 1 aliphatic rings. The van der Waals surface area contributed by atoms with E-state index in [-0.39, 0.29) is 11.0 Å². The molecular formula is C7H12NO2. The average molecular weight is 142 g/mol. The Bertz CT molecular complexity index is 128. The van der Waals surface area contributed by atoms with Crippen LogP contribution in [0.15, 0.2) is 0 Å². The van der Waals surface area contributed by atoms with Crippen LogP contribution in [0.2, 0.25) is 0 Å². The Labute approximate surface area is 60.6 Å². The molecule has 1 rings (SSSR count). The molecule has 1 aliphatic carbocycles. The third-order valence-corrected chi connectivity index (χ3v) is 2.11. The maximum Gasteiger partial charge on any atom is 0.213 e. The quantitative estimate of drug-likeness (QED) is 0.412. The normalized spacial score (nSPS) is 33.7. The molecule has 0 spiro atoms. The first kappa shape index (κ1) is 7.51. The van der Waals surface area contributed by atoms with E-state index in [0.717, 1.165) is 25.7 Å². The predicted octanol–water partition coefficient (Wildman–Crippen LogP) is 1.66. The minimum absolute atomic E-state index is 0.161. The molecule has 0 aromatic rings. The van der Waals surface area contributed by atoms with E-state index in [2.05, 4.69) is 6.92 Å². The van der Waals surface area contributed by atoms with Crippen molar-refractivity contribution >= 4 is 0 Å². The summed E-state index contributed by atoms with van der Waals surface area (Å²) in [5.41, 5.74) is 0. The molecule has 0 aromatic carbocycles. The van der Waals surface area contributed by atoms with Crippen LogP contribution in [0.1, 0.15) is 25.7 Å². The van der Waals surface area contributed by atoms with E-state index < -0.39 is 0 Å². The molecule has 0 aliphatic heterocycles. The molecule has 3 heteroatoms. The second kappa shape index (κ2) is 2.99. The first-order valence-corrected chi connectivity index (χ1v) is 3.66. The minimum Gasteiger partial charge on any atom is -0.264 e. The largest absolute Gasteiger partial charge is 0.264 e. The fraction of sp³-hybridized carbons (Fsp3) is 0.857. The van der Waals surface area contributed by atoms with Gasteiger partial charge in [0.2, 0.25) is 6.04 Å². The van der Waals surface area contributed by atoms with E-state index in [1.54, 1.807) is 0 Å². The van der Waals surface area contributed by atoms with Gasteiger partial charge in [-0.05, 0) is 18.8 Å². The van der Waals surface area contributed by atoms with Gasteiger partial charge in [-0.25, -0.2) is 0 Å². The Morgan fingerprint density at radius 3 is 2.20 bits per heavy atom. The van der Waals surface area contributed by atoms with Crippen molar-refractivity contribution in [3.05, 3.63) is 17.0 Å². The van der Waals surface area contributed by atoms with Crippen LogP contribution < -0.4 is 0 Å². The van der Waals surface area contributed by atoms with Crippen LogP contribution in [0.25, 0.3) is 0 Å². The highest BCUT2D eigenvalue weighted by Crippen LogP contribution is 2.24. The first-order chi connectivity index (χ1) is 4.70. The van der Waals surface area contributed by atoms with Gasteiger partial charge in [0.15, 0.2) is 0 Å². The molecule has 0 amide bonds. The van der Waals surface area contributed by atoms with Gasteiger partial charge >= 0.3 is 0 Å². The van der Waals surface area contributed by atoms with Crippen molar-refractivity contribution in [2.75, 3.05) is 0 Å². The fourth-order valence-electron chi connectivity index (χ4n) is 1.36. The van der Waals surface area contributed by atoms with E-state index in [1.807, 2.05) is 0 Å². The summed E-state index contributed by atoms with van der Waals surface area (Å²) in [6.45, 7) is 3.87. The van der Waals surface area contributed by atoms with Crippen molar-refractivity contribution in [3.8, 4) is 0 Å². The molecule has 1 radical (unpaired) electrons. The zero-order valence-corrected chi connectivity index (χ0v) is 5.95.